The van der Waals surface area contributed by atoms with Crippen molar-refractivity contribution in [2.45, 2.75) is 38.8 Å². The molecule has 1 aromatic carbocycles. The molecule has 3 aromatic rings. The van der Waals surface area contributed by atoms with Crippen LogP contribution in [0.4, 0.5) is 4.39 Å². The van der Waals surface area contributed by atoms with E-state index in [1.54, 1.807) is 6.20 Å². The summed E-state index contributed by atoms with van der Waals surface area (Å²) in [6, 6.07) is 8.05. The Balaban J connectivity index is 1.32. The van der Waals surface area contributed by atoms with Crippen molar-refractivity contribution >= 4 is 16.6 Å². The first kappa shape index (κ1) is 19.4. The van der Waals surface area contributed by atoms with Gasteiger partial charge in [0.1, 0.15) is 5.82 Å². The number of carbonyl (C=O) groups is 1. The summed E-state index contributed by atoms with van der Waals surface area (Å²) >= 11 is 0. The largest absolute Gasteiger partial charge is 0.331 e. The second-order valence-electron chi connectivity index (χ2n) is 9.51. The van der Waals surface area contributed by atoms with Gasteiger partial charge < -0.3 is 4.57 Å². The molecule has 1 saturated carbocycles. The molecule has 0 unspecified atom stereocenters. The average molecular weight is 407 g/mol. The molecule has 2 fully saturated rings. The normalized spacial score (nSPS) is 19.6. The summed E-state index contributed by atoms with van der Waals surface area (Å²) in [5, 5.41) is 1.99. The van der Waals surface area contributed by atoms with E-state index < -0.39 is 5.67 Å². The quantitative estimate of drug-likeness (QED) is 0.623. The number of likely N-dealkylation sites (tertiary alicyclic amines) is 1. The molecule has 0 amide bonds. The molecule has 0 bridgehead atoms. The van der Waals surface area contributed by atoms with Crippen molar-refractivity contribution < 1.29 is 9.18 Å². The number of nitrogens with zero attached hydrogens (tertiary/aromatic N) is 4. The molecule has 30 heavy (non-hydrogen) atoms. The van der Waals surface area contributed by atoms with Gasteiger partial charge >= 0.3 is 0 Å². The van der Waals surface area contributed by atoms with Crippen LogP contribution in [0.25, 0.3) is 22.0 Å². The number of aromatic nitrogens is 3. The third-order valence-corrected chi connectivity index (χ3v) is 6.79. The van der Waals surface area contributed by atoms with Crippen LogP contribution in [0.2, 0.25) is 0 Å². The summed E-state index contributed by atoms with van der Waals surface area (Å²) in [4.78, 5) is 23.5. The number of aryl methyl sites for hydroxylation is 1. The molecule has 1 saturated heterocycles. The average Bonchev–Trinajstić information content (AvgIpc) is 3.33. The fourth-order valence-electron chi connectivity index (χ4n) is 4.40. The molecule has 0 radical (unpaired) electrons. The third-order valence-electron chi connectivity index (χ3n) is 6.79. The van der Waals surface area contributed by atoms with Crippen molar-refractivity contribution in [1.29, 1.82) is 0 Å². The number of alkyl halides is 1. The third kappa shape index (κ3) is 3.43. The maximum atomic E-state index is 15.0. The standard InChI is InChI=1S/C24H27FN4O/c1-16-26-12-21(28(16)3)17-4-5-18-11-27-20(9-19(18)8-17)10-22(30)24(25)14-29(15-24)13-23(2)6-7-23/h4-5,8-9,11-12H,6-7,10,13-15H2,1-3H3. The molecular formula is C24H27FN4O. The van der Waals surface area contributed by atoms with Crippen LogP contribution < -0.4 is 0 Å². The van der Waals surface area contributed by atoms with E-state index in [0.717, 1.165) is 34.4 Å². The predicted octanol–water partition coefficient (Wildman–Crippen LogP) is 3.88. The maximum absolute atomic E-state index is 15.0. The Kier molecular flexibility index (Phi) is 4.33. The highest BCUT2D eigenvalue weighted by molar-refractivity contribution is 5.92. The number of halogens is 1. The van der Waals surface area contributed by atoms with Gasteiger partial charge in [-0.3, -0.25) is 14.7 Å². The van der Waals surface area contributed by atoms with E-state index in [2.05, 4.69) is 27.9 Å². The van der Waals surface area contributed by atoms with Gasteiger partial charge in [0.15, 0.2) is 11.5 Å². The molecule has 3 heterocycles. The lowest BCUT2D eigenvalue weighted by Crippen LogP contribution is -2.64. The fourth-order valence-corrected chi connectivity index (χ4v) is 4.40. The number of ketones is 1. The number of Topliss-reactive ketones (excluding diaryl/α,β-unsaturated/α-hetero) is 1. The zero-order valence-corrected chi connectivity index (χ0v) is 17.8. The van der Waals surface area contributed by atoms with E-state index in [4.69, 9.17) is 0 Å². The SMILES string of the molecule is Cc1ncc(-c2ccc3cnc(CC(=O)C4(F)CN(CC5(C)CC5)C4)cc3c2)n1C. The summed E-state index contributed by atoms with van der Waals surface area (Å²) in [5.74, 6) is 0.592. The van der Waals surface area contributed by atoms with Gasteiger partial charge in [-0.05, 0) is 42.7 Å². The smallest absolute Gasteiger partial charge is 0.194 e. The lowest BCUT2D eigenvalue weighted by Gasteiger charge is -2.44. The van der Waals surface area contributed by atoms with Crippen molar-refractivity contribution in [2.75, 3.05) is 19.6 Å². The molecule has 1 aliphatic carbocycles. The van der Waals surface area contributed by atoms with Crippen LogP contribution in [-0.4, -0.2) is 50.5 Å². The number of carbonyl (C=O) groups excluding carboxylic acids is 1. The van der Waals surface area contributed by atoms with E-state index in [0.29, 0.717) is 11.1 Å². The van der Waals surface area contributed by atoms with Gasteiger partial charge in [0.25, 0.3) is 0 Å². The minimum atomic E-state index is -1.73. The zero-order valence-electron chi connectivity index (χ0n) is 17.8. The van der Waals surface area contributed by atoms with E-state index in [1.807, 2.05) is 42.9 Å². The van der Waals surface area contributed by atoms with Crippen LogP contribution in [0.5, 0.6) is 0 Å². The Labute approximate surface area is 175 Å². The van der Waals surface area contributed by atoms with Crippen LogP contribution in [0.15, 0.2) is 36.7 Å². The summed E-state index contributed by atoms with van der Waals surface area (Å²) in [6.07, 6.45) is 6.07. The fraction of sp³-hybridized carbons (Fsp3) is 0.458. The highest BCUT2D eigenvalue weighted by Gasteiger charge is 2.52. The van der Waals surface area contributed by atoms with Gasteiger partial charge in [0.2, 0.25) is 0 Å². The van der Waals surface area contributed by atoms with Gasteiger partial charge in [-0.25, -0.2) is 9.37 Å². The molecule has 1 aliphatic heterocycles. The Morgan fingerprint density at radius 2 is 1.90 bits per heavy atom. The molecule has 5 nitrogen and oxygen atoms in total. The molecule has 5 rings (SSSR count). The van der Waals surface area contributed by atoms with Crippen LogP contribution in [-0.2, 0) is 18.3 Å². The summed E-state index contributed by atoms with van der Waals surface area (Å²) in [7, 11) is 1.99. The van der Waals surface area contributed by atoms with Crippen molar-refractivity contribution in [3.05, 3.63) is 48.2 Å². The Bertz CT molecular complexity index is 1140. The van der Waals surface area contributed by atoms with E-state index in [9.17, 15) is 4.79 Å². The molecule has 0 spiro atoms. The predicted molar refractivity (Wildman–Crippen MR) is 115 cm³/mol. The molecule has 2 aromatic heterocycles. The van der Waals surface area contributed by atoms with Crippen molar-refractivity contribution in [3.8, 4) is 11.3 Å². The van der Waals surface area contributed by atoms with Crippen molar-refractivity contribution in [1.82, 2.24) is 19.4 Å². The molecular weight excluding hydrogens is 379 g/mol. The van der Waals surface area contributed by atoms with Gasteiger partial charge in [0.05, 0.1) is 18.3 Å². The maximum Gasteiger partial charge on any atom is 0.194 e. The van der Waals surface area contributed by atoms with Crippen LogP contribution in [0.3, 0.4) is 0 Å². The zero-order chi connectivity index (χ0) is 21.1. The van der Waals surface area contributed by atoms with Crippen LogP contribution in [0.1, 0.15) is 31.3 Å². The monoisotopic (exact) mass is 406 g/mol. The summed E-state index contributed by atoms with van der Waals surface area (Å²) in [6.45, 7) is 5.54. The minimum absolute atomic E-state index is 0.0343. The van der Waals surface area contributed by atoms with Crippen molar-refractivity contribution in [2.24, 2.45) is 12.5 Å². The second kappa shape index (κ2) is 6.71. The van der Waals surface area contributed by atoms with Crippen LogP contribution in [0, 0.1) is 12.3 Å². The first-order valence-corrected chi connectivity index (χ1v) is 10.6. The van der Waals surface area contributed by atoms with E-state index in [-0.39, 0.29) is 25.3 Å². The number of pyridine rings is 1. The van der Waals surface area contributed by atoms with Gasteiger partial charge in [-0.1, -0.05) is 19.1 Å². The Morgan fingerprint density at radius 3 is 2.57 bits per heavy atom. The number of rotatable bonds is 6. The number of fused-ring (bicyclic) bond motifs is 1. The number of hydrogen-bond donors (Lipinski definition) is 0. The minimum Gasteiger partial charge on any atom is -0.331 e. The first-order valence-electron chi connectivity index (χ1n) is 10.6. The topological polar surface area (TPSA) is 51.0 Å². The highest BCUT2D eigenvalue weighted by atomic mass is 19.1. The van der Waals surface area contributed by atoms with E-state index in [1.165, 1.54) is 12.8 Å². The first-order chi connectivity index (χ1) is 14.2. The summed E-state index contributed by atoms with van der Waals surface area (Å²) < 4.78 is 17.1. The summed E-state index contributed by atoms with van der Waals surface area (Å²) in [5.41, 5.74) is 1.32. The Hall–Kier alpha value is -2.60. The van der Waals surface area contributed by atoms with Crippen molar-refractivity contribution in [3.63, 3.8) is 0 Å². The molecule has 2 aliphatic rings. The molecule has 0 N–H and O–H groups in total. The van der Waals surface area contributed by atoms with Gasteiger partial charge in [-0.15, -0.1) is 0 Å². The van der Waals surface area contributed by atoms with Gasteiger partial charge in [0, 0.05) is 49.5 Å². The molecule has 156 valence electrons. The molecule has 0 atom stereocenters. The number of hydrogen-bond acceptors (Lipinski definition) is 4. The van der Waals surface area contributed by atoms with Crippen LogP contribution >= 0.6 is 0 Å². The van der Waals surface area contributed by atoms with E-state index >= 15 is 4.39 Å². The van der Waals surface area contributed by atoms with Gasteiger partial charge in [-0.2, -0.15) is 0 Å². The number of benzene rings is 1. The highest BCUT2D eigenvalue weighted by Crippen LogP contribution is 2.47. The number of imidazole rings is 1. The second-order valence-corrected chi connectivity index (χ2v) is 9.51. The molecule has 6 heteroatoms. The lowest BCUT2D eigenvalue weighted by atomic mass is 9.87. The lowest BCUT2D eigenvalue weighted by molar-refractivity contribution is -0.142. The Morgan fingerprint density at radius 1 is 1.13 bits per heavy atom.